The fourth-order valence-corrected chi connectivity index (χ4v) is 4.84. The van der Waals surface area contributed by atoms with E-state index < -0.39 is 10.0 Å². The van der Waals surface area contributed by atoms with Crippen molar-refractivity contribution in [3.05, 3.63) is 47.2 Å². The highest BCUT2D eigenvalue weighted by atomic mass is 32.2. The number of hydrogen-bond donors (Lipinski definition) is 0. The molecule has 3 aromatic rings. The molecule has 124 valence electrons. The minimum absolute atomic E-state index is 0.0568. The molecule has 24 heavy (non-hydrogen) atoms. The van der Waals surface area contributed by atoms with Crippen LogP contribution in [0.5, 0.6) is 0 Å². The summed E-state index contributed by atoms with van der Waals surface area (Å²) in [4.78, 5) is 8.69. The topological polar surface area (TPSA) is 81.0 Å². The van der Waals surface area contributed by atoms with Gasteiger partial charge in [0.25, 0.3) is 0 Å². The van der Waals surface area contributed by atoms with Gasteiger partial charge in [-0.2, -0.15) is 20.7 Å². The third kappa shape index (κ3) is 2.54. The molecule has 1 aliphatic rings. The van der Waals surface area contributed by atoms with Gasteiger partial charge in [-0.1, -0.05) is 0 Å². The molecular formula is C15H15N5O2S2. The molecule has 0 amide bonds. The highest BCUT2D eigenvalue weighted by Crippen LogP contribution is 2.31. The molecular weight excluding hydrogens is 346 g/mol. The van der Waals surface area contributed by atoms with Gasteiger partial charge >= 0.3 is 0 Å². The fourth-order valence-electron chi connectivity index (χ4n) is 2.71. The first kappa shape index (κ1) is 15.4. The molecule has 0 bridgehead atoms. The predicted molar refractivity (Wildman–Crippen MR) is 90.1 cm³/mol. The molecule has 0 unspecified atom stereocenters. The van der Waals surface area contributed by atoms with Crippen LogP contribution in [0, 0.1) is 0 Å². The minimum atomic E-state index is -3.48. The second kappa shape index (κ2) is 5.76. The average Bonchev–Trinajstić information content (AvgIpc) is 3.17. The molecule has 0 radical (unpaired) electrons. The van der Waals surface area contributed by atoms with Gasteiger partial charge in [0.15, 0.2) is 5.82 Å². The lowest BCUT2D eigenvalue weighted by atomic mass is 10.0. The number of sulfonamides is 1. The van der Waals surface area contributed by atoms with Crippen LogP contribution in [0.3, 0.4) is 0 Å². The summed E-state index contributed by atoms with van der Waals surface area (Å²) in [6.45, 7) is 0.819. The van der Waals surface area contributed by atoms with Crippen molar-refractivity contribution in [2.75, 3.05) is 13.1 Å². The van der Waals surface area contributed by atoms with E-state index in [0.717, 1.165) is 11.4 Å². The van der Waals surface area contributed by atoms with Gasteiger partial charge in [-0.05, 0) is 23.6 Å². The first-order valence-electron chi connectivity index (χ1n) is 7.39. The Morgan fingerprint density at radius 3 is 2.79 bits per heavy atom. The molecule has 0 aromatic carbocycles. The zero-order valence-electron chi connectivity index (χ0n) is 12.9. The zero-order valence-corrected chi connectivity index (χ0v) is 14.5. The van der Waals surface area contributed by atoms with E-state index in [9.17, 15) is 8.42 Å². The molecule has 0 spiro atoms. The fraction of sp³-hybridized carbons (Fsp3) is 0.267. The van der Waals surface area contributed by atoms with E-state index in [0.29, 0.717) is 18.9 Å². The van der Waals surface area contributed by atoms with Crippen LogP contribution in [0.15, 0.2) is 46.2 Å². The van der Waals surface area contributed by atoms with Crippen LogP contribution < -0.4 is 0 Å². The largest absolute Gasteiger partial charge is 0.263 e. The lowest BCUT2D eigenvalue weighted by Crippen LogP contribution is -2.49. The summed E-state index contributed by atoms with van der Waals surface area (Å²) in [6, 6.07) is 5.16. The van der Waals surface area contributed by atoms with Gasteiger partial charge in [0, 0.05) is 49.4 Å². The number of aromatic nitrogens is 4. The molecule has 4 rings (SSSR count). The maximum absolute atomic E-state index is 12.5. The Bertz CT molecular complexity index is 945. The van der Waals surface area contributed by atoms with E-state index in [1.54, 1.807) is 34.3 Å². The summed E-state index contributed by atoms with van der Waals surface area (Å²) in [5, 5.41) is 8.42. The second-order valence-corrected chi connectivity index (χ2v) is 8.35. The van der Waals surface area contributed by atoms with Crippen molar-refractivity contribution in [3.8, 4) is 11.4 Å². The van der Waals surface area contributed by atoms with Crippen molar-refractivity contribution in [2.45, 2.75) is 10.8 Å². The summed E-state index contributed by atoms with van der Waals surface area (Å²) < 4.78 is 28.2. The number of hydrogen-bond acceptors (Lipinski definition) is 6. The molecule has 0 saturated carbocycles. The molecule has 3 aromatic heterocycles. The van der Waals surface area contributed by atoms with Gasteiger partial charge in [-0.3, -0.25) is 9.67 Å². The highest BCUT2D eigenvalue weighted by Gasteiger charge is 2.39. The lowest BCUT2D eigenvalue weighted by molar-refractivity contribution is 0.251. The van der Waals surface area contributed by atoms with Crippen molar-refractivity contribution in [2.24, 2.45) is 7.05 Å². The van der Waals surface area contributed by atoms with Crippen LogP contribution in [0.2, 0.25) is 0 Å². The molecule has 0 aliphatic carbocycles. The number of aryl methyl sites for hydroxylation is 1. The van der Waals surface area contributed by atoms with Crippen LogP contribution in [-0.2, 0) is 17.1 Å². The number of rotatable bonds is 4. The smallest absolute Gasteiger partial charge is 0.244 e. The minimum Gasteiger partial charge on any atom is -0.263 e. The van der Waals surface area contributed by atoms with Crippen LogP contribution in [-0.4, -0.2) is 45.6 Å². The van der Waals surface area contributed by atoms with Crippen molar-refractivity contribution < 1.29 is 8.42 Å². The molecule has 0 atom stereocenters. The third-order valence-electron chi connectivity index (χ3n) is 4.06. The van der Waals surface area contributed by atoms with E-state index in [4.69, 9.17) is 0 Å². The molecule has 9 heteroatoms. The van der Waals surface area contributed by atoms with Gasteiger partial charge in [-0.15, -0.1) is 0 Å². The Kier molecular flexibility index (Phi) is 3.70. The Morgan fingerprint density at radius 1 is 1.29 bits per heavy atom. The van der Waals surface area contributed by atoms with Crippen molar-refractivity contribution >= 4 is 21.4 Å². The summed E-state index contributed by atoms with van der Waals surface area (Å²) in [6.07, 6.45) is 2.93. The van der Waals surface area contributed by atoms with Crippen molar-refractivity contribution in [3.63, 3.8) is 0 Å². The van der Waals surface area contributed by atoms with Gasteiger partial charge < -0.3 is 0 Å². The molecule has 0 N–H and O–H groups in total. The highest BCUT2D eigenvalue weighted by molar-refractivity contribution is 7.89. The van der Waals surface area contributed by atoms with Crippen LogP contribution >= 0.6 is 11.3 Å². The number of nitrogens with zero attached hydrogens (tertiary/aromatic N) is 5. The molecule has 7 nitrogen and oxygen atoms in total. The van der Waals surface area contributed by atoms with Crippen molar-refractivity contribution in [1.82, 2.24) is 24.1 Å². The average molecular weight is 361 g/mol. The first-order valence-corrected chi connectivity index (χ1v) is 9.77. The van der Waals surface area contributed by atoms with Gasteiger partial charge in [0.05, 0.1) is 0 Å². The lowest BCUT2D eigenvalue weighted by Gasteiger charge is -2.37. The van der Waals surface area contributed by atoms with Gasteiger partial charge in [0.2, 0.25) is 10.0 Å². The quantitative estimate of drug-likeness (QED) is 0.707. The number of thiophene rings is 1. The molecule has 1 saturated heterocycles. The molecule has 1 aliphatic heterocycles. The van der Waals surface area contributed by atoms with E-state index >= 15 is 0 Å². The standard InChI is InChI=1S/C15H15N5O2S2/c1-19-15(17-14(18-19)11-4-6-23-10-11)12-8-20(9-12)24(21,22)13-3-2-5-16-7-13/h2-7,10,12H,8-9H2,1H3. The maximum atomic E-state index is 12.5. The SMILES string of the molecule is Cn1nc(-c2ccsc2)nc1C1CN(S(=O)(=O)c2cccnc2)C1. The monoisotopic (exact) mass is 361 g/mol. The van der Waals surface area contributed by atoms with Crippen LogP contribution in [0.25, 0.3) is 11.4 Å². The second-order valence-electron chi connectivity index (χ2n) is 5.64. The summed E-state index contributed by atoms with van der Waals surface area (Å²) in [5.74, 6) is 1.55. The Balaban J connectivity index is 1.52. The maximum Gasteiger partial charge on any atom is 0.244 e. The summed E-state index contributed by atoms with van der Waals surface area (Å²) in [7, 11) is -1.63. The van der Waals surface area contributed by atoms with E-state index in [1.165, 1.54) is 10.5 Å². The summed E-state index contributed by atoms with van der Waals surface area (Å²) >= 11 is 1.60. The van der Waals surface area contributed by atoms with E-state index in [2.05, 4.69) is 15.1 Å². The molecule has 4 heterocycles. The Morgan fingerprint density at radius 2 is 2.12 bits per heavy atom. The zero-order chi connectivity index (χ0) is 16.7. The van der Waals surface area contributed by atoms with E-state index in [1.807, 2.05) is 23.9 Å². The first-order chi connectivity index (χ1) is 11.6. The predicted octanol–water partition coefficient (Wildman–Crippen LogP) is 1.73. The Labute approximate surface area is 143 Å². The number of pyridine rings is 1. The van der Waals surface area contributed by atoms with Gasteiger partial charge in [-0.25, -0.2) is 13.4 Å². The van der Waals surface area contributed by atoms with Crippen LogP contribution in [0.4, 0.5) is 0 Å². The summed E-state index contributed by atoms with van der Waals surface area (Å²) in [5.41, 5.74) is 0.987. The van der Waals surface area contributed by atoms with E-state index in [-0.39, 0.29) is 10.8 Å². The third-order valence-corrected chi connectivity index (χ3v) is 6.56. The van der Waals surface area contributed by atoms with Crippen LogP contribution in [0.1, 0.15) is 11.7 Å². The van der Waals surface area contributed by atoms with Crippen molar-refractivity contribution in [1.29, 1.82) is 0 Å². The normalized spacial score (nSPS) is 16.2. The Hall–Kier alpha value is -2.10. The van der Waals surface area contributed by atoms with Gasteiger partial charge in [0.1, 0.15) is 10.7 Å². The molecule has 1 fully saturated rings.